The van der Waals surface area contributed by atoms with E-state index in [1.807, 2.05) is 12.3 Å². The summed E-state index contributed by atoms with van der Waals surface area (Å²) in [5, 5.41) is 0. The fraction of sp³-hybridized carbons (Fsp3) is 0.692. The zero-order valence-corrected chi connectivity index (χ0v) is 10.8. The molecule has 0 amide bonds. The lowest BCUT2D eigenvalue weighted by molar-refractivity contribution is 0.160. The molecule has 3 rings (SSSR count). The van der Waals surface area contributed by atoms with Gasteiger partial charge in [-0.05, 0) is 18.9 Å². The molecule has 2 saturated heterocycles. The Bertz CT molecular complexity index is 418. The van der Waals surface area contributed by atoms with Crippen molar-refractivity contribution in [3.05, 3.63) is 18.0 Å². The van der Waals surface area contributed by atoms with E-state index in [1.54, 1.807) is 7.11 Å². The second-order valence-electron chi connectivity index (χ2n) is 5.26. The summed E-state index contributed by atoms with van der Waals surface area (Å²) < 4.78 is 10.7. The van der Waals surface area contributed by atoms with E-state index < -0.39 is 0 Å². The van der Waals surface area contributed by atoms with Gasteiger partial charge in [-0.15, -0.1) is 0 Å². The number of rotatable bonds is 3. The molecule has 5 heteroatoms. The van der Waals surface area contributed by atoms with Crippen LogP contribution in [-0.4, -0.2) is 43.4 Å². The molecule has 1 unspecified atom stereocenters. The van der Waals surface area contributed by atoms with Crippen LogP contribution in [-0.2, 0) is 16.1 Å². The Morgan fingerprint density at radius 3 is 3.22 bits per heavy atom. The minimum absolute atomic E-state index is 0.348. The maximum Gasteiger partial charge on any atom is 0.225 e. The van der Waals surface area contributed by atoms with E-state index in [9.17, 15) is 0 Å². The van der Waals surface area contributed by atoms with Crippen molar-refractivity contribution in [3.8, 4) is 0 Å². The van der Waals surface area contributed by atoms with E-state index in [2.05, 4.69) is 14.9 Å². The van der Waals surface area contributed by atoms with Crippen molar-refractivity contribution in [1.29, 1.82) is 0 Å². The van der Waals surface area contributed by atoms with Crippen molar-refractivity contribution in [2.75, 3.05) is 38.3 Å². The fourth-order valence-corrected chi connectivity index (χ4v) is 2.84. The first kappa shape index (κ1) is 11.9. The van der Waals surface area contributed by atoms with E-state index in [0.717, 1.165) is 37.9 Å². The monoisotopic (exact) mass is 249 g/mol. The SMILES string of the molecule is COCc1ccnc(N2CCC3(CCOC3)C2)n1. The van der Waals surface area contributed by atoms with Gasteiger partial charge in [-0.3, -0.25) is 0 Å². The van der Waals surface area contributed by atoms with Crippen LogP contribution >= 0.6 is 0 Å². The number of ether oxygens (including phenoxy) is 2. The molecule has 2 aliphatic rings. The highest BCUT2D eigenvalue weighted by molar-refractivity contribution is 5.33. The van der Waals surface area contributed by atoms with Crippen LogP contribution < -0.4 is 4.90 Å². The number of anilines is 1. The summed E-state index contributed by atoms with van der Waals surface area (Å²) in [6.45, 7) is 4.38. The standard InChI is InChI=1S/C13H19N3O2/c1-17-8-11-2-5-14-12(15-11)16-6-3-13(9-16)4-7-18-10-13/h2,5H,3-4,6-10H2,1H3. The lowest BCUT2D eigenvalue weighted by Gasteiger charge is -2.22. The first-order valence-corrected chi connectivity index (χ1v) is 6.45. The summed E-state index contributed by atoms with van der Waals surface area (Å²) in [6, 6.07) is 1.90. The molecule has 1 aromatic rings. The van der Waals surface area contributed by atoms with E-state index >= 15 is 0 Å². The van der Waals surface area contributed by atoms with Gasteiger partial charge in [-0.25, -0.2) is 9.97 Å². The van der Waals surface area contributed by atoms with Crippen LogP contribution in [0.5, 0.6) is 0 Å². The van der Waals surface area contributed by atoms with Crippen molar-refractivity contribution in [2.45, 2.75) is 19.4 Å². The quantitative estimate of drug-likeness (QED) is 0.806. The van der Waals surface area contributed by atoms with Gasteiger partial charge < -0.3 is 14.4 Å². The molecule has 2 fully saturated rings. The summed E-state index contributed by atoms with van der Waals surface area (Å²) in [6.07, 6.45) is 4.17. The van der Waals surface area contributed by atoms with E-state index in [4.69, 9.17) is 9.47 Å². The minimum atomic E-state index is 0.348. The molecule has 0 radical (unpaired) electrons. The van der Waals surface area contributed by atoms with Crippen LogP contribution in [0.3, 0.4) is 0 Å². The van der Waals surface area contributed by atoms with Gasteiger partial charge in [-0.2, -0.15) is 0 Å². The average molecular weight is 249 g/mol. The maximum atomic E-state index is 5.54. The lowest BCUT2D eigenvalue weighted by Crippen LogP contribution is -2.28. The van der Waals surface area contributed by atoms with Gasteiger partial charge in [0.25, 0.3) is 0 Å². The Balaban J connectivity index is 1.73. The number of methoxy groups -OCH3 is 1. The zero-order valence-electron chi connectivity index (χ0n) is 10.8. The maximum absolute atomic E-state index is 5.54. The smallest absolute Gasteiger partial charge is 0.225 e. The summed E-state index contributed by atoms with van der Waals surface area (Å²) in [7, 11) is 1.68. The minimum Gasteiger partial charge on any atom is -0.381 e. The molecule has 5 nitrogen and oxygen atoms in total. The highest BCUT2D eigenvalue weighted by atomic mass is 16.5. The summed E-state index contributed by atoms with van der Waals surface area (Å²) >= 11 is 0. The summed E-state index contributed by atoms with van der Waals surface area (Å²) in [5.41, 5.74) is 1.28. The number of hydrogen-bond donors (Lipinski definition) is 0. The van der Waals surface area contributed by atoms with Crippen LogP contribution in [0.15, 0.2) is 12.3 Å². The predicted octanol–water partition coefficient (Wildman–Crippen LogP) is 1.24. The van der Waals surface area contributed by atoms with Gasteiger partial charge in [-0.1, -0.05) is 0 Å². The molecule has 0 bridgehead atoms. The Hall–Kier alpha value is -1.20. The molecule has 3 heterocycles. The van der Waals surface area contributed by atoms with Gasteiger partial charge in [0.15, 0.2) is 0 Å². The van der Waals surface area contributed by atoms with Crippen molar-refractivity contribution in [3.63, 3.8) is 0 Å². The van der Waals surface area contributed by atoms with E-state index in [1.165, 1.54) is 12.8 Å². The topological polar surface area (TPSA) is 47.5 Å². The zero-order chi connectivity index (χ0) is 12.4. The molecular weight excluding hydrogens is 230 g/mol. The van der Waals surface area contributed by atoms with Crippen LogP contribution in [0.25, 0.3) is 0 Å². The van der Waals surface area contributed by atoms with Crippen LogP contribution in [0.4, 0.5) is 5.95 Å². The van der Waals surface area contributed by atoms with Gasteiger partial charge in [0, 0.05) is 38.4 Å². The molecule has 0 aromatic carbocycles. The van der Waals surface area contributed by atoms with Crippen LogP contribution in [0.1, 0.15) is 18.5 Å². The number of aromatic nitrogens is 2. The number of hydrogen-bond acceptors (Lipinski definition) is 5. The lowest BCUT2D eigenvalue weighted by atomic mass is 9.87. The molecular formula is C13H19N3O2. The largest absolute Gasteiger partial charge is 0.381 e. The Morgan fingerprint density at radius 2 is 2.44 bits per heavy atom. The molecule has 0 saturated carbocycles. The van der Waals surface area contributed by atoms with E-state index in [0.29, 0.717) is 12.0 Å². The van der Waals surface area contributed by atoms with Crippen LogP contribution in [0.2, 0.25) is 0 Å². The second-order valence-corrected chi connectivity index (χ2v) is 5.26. The first-order chi connectivity index (χ1) is 8.81. The molecule has 18 heavy (non-hydrogen) atoms. The summed E-state index contributed by atoms with van der Waals surface area (Å²) in [4.78, 5) is 11.2. The van der Waals surface area contributed by atoms with Crippen LogP contribution in [0, 0.1) is 5.41 Å². The highest BCUT2D eigenvalue weighted by Gasteiger charge is 2.42. The Kier molecular flexibility index (Phi) is 3.18. The molecule has 2 aliphatic heterocycles. The normalized spacial score (nSPS) is 27.3. The molecule has 1 atom stereocenters. The third kappa shape index (κ3) is 2.20. The van der Waals surface area contributed by atoms with Crippen molar-refractivity contribution in [2.24, 2.45) is 5.41 Å². The molecule has 1 spiro atoms. The van der Waals surface area contributed by atoms with Crippen molar-refractivity contribution in [1.82, 2.24) is 9.97 Å². The average Bonchev–Trinajstić information content (AvgIpc) is 3.01. The molecule has 0 aliphatic carbocycles. The summed E-state index contributed by atoms with van der Waals surface area (Å²) in [5.74, 6) is 0.827. The van der Waals surface area contributed by atoms with Gasteiger partial charge >= 0.3 is 0 Å². The second kappa shape index (κ2) is 4.82. The third-order valence-electron chi connectivity index (χ3n) is 3.90. The highest BCUT2D eigenvalue weighted by Crippen LogP contribution is 2.39. The predicted molar refractivity (Wildman–Crippen MR) is 67.4 cm³/mol. The molecule has 98 valence electrons. The molecule has 0 N–H and O–H groups in total. The number of nitrogens with zero attached hydrogens (tertiary/aromatic N) is 3. The molecule has 1 aromatic heterocycles. The fourth-order valence-electron chi connectivity index (χ4n) is 2.84. The van der Waals surface area contributed by atoms with Gasteiger partial charge in [0.1, 0.15) is 0 Å². The van der Waals surface area contributed by atoms with Crippen molar-refractivity contribution < 1.29 is 9.47 Å². The van der Waals surface area contributed by atoms with Gasteiger partial charge in [0.05, 0.1) is 18.9 Å². The van der Waals surface area contributed by atoms with E-state index in [-0.39, 0.29) is 0 Å². The first-order valence-electron chi connectivity index (χ1n) is 6.45. The Labute approximate surface area is 107 Å². The Morgan fingerprint density at radius 1 is 1.50 bits per heavy atom. The third-order valence-corrected chi connectivity index (χ3v) is 3.90. The van der Waals surface area contributed by atoms with Crippen molar-refractivity contribution >= 4 is 5.95 Å². The van der Waals surface area contributed by atoms with Gasteiger partial charge in [0.2, 0.25) is 5.95 Å².